The highest BCUT2D eigenvalue weighted by atomic mass is 16.7. The van der Waals surface area contributed by atoms with Gasteiger partial charge in [0.1, 0.15) is 0 Å². The highest BCUT2D eigenvalue weighted by molar-refractivity contribution is 5.48. The minimum Gasteiger partial charge on any atom is -0.454 e. The van der Waals surface area contributed by atoms with E-state index in [1.165, 1.54) is 43.5 Å². The minimum atomic E-state index is 0.349. The van der Waals surface area contributed by atoms with Gasteiger partial charge in [-0.15, -0.1) is 0 Å². The summed E-state index contributed by atoms with van der Waals surface area (Å²) < 4.78 is 11.0. The molecule has 2 aromatic carbocycles. The van der Waals surface area contributed by atoms with Crippen molar-refractivity contribution in [2.24, 2.45) is 0 Å². The first-order chi connectivity index (χ1) is 13.3. The van der Waals surface area contributed by atoms with Crippen molar-refractivity contribution in [3.05, 3.63) is 58.7 Å². The summed E-state index contributed by atoms with van der Waals surface area (Å²) in [6.07, 6.45) is 3.76. The second-order valence-electron chi connectivity index (χ2n) is 8.11. The smallest absolute Gasteiger partial charge is 0.231 e. The summed E-state index contributed by atoms with van der Waals surface area (Å²) in [5, 5.41) is 0. The van der Waals surface area contributed by atoms with E-state index in [9.17, 15) is 0 Å². The van der Waals surface area contributed by atoms with Crippen molar-refractivity contribution in [2.45, 2.75) is 38.8 Å². The van der Waals surface area contributed by atoms with Gasteiger partial charge in [-0.3, -0.25) is 9.80 Å². The zero-order valence-corrected chi connectivity index (χ0v) is 16.1. The number of fused-ring (bicyclic) bond motifs is 2. The molecule has 4 nitrogen and oxygen atoms in total. The molecule has 1 unspecified atom stereocenters. The molecule has 1 aliphatic carbocycles. The molecule has 0 spiro atoms. The Morgan fingerprint density at radius 2 is 1.70 bits per heavy atom. The molecule has 1 atom stereocenters. The van der Waals surface area contributed by atoms with Crippen LogP contribution in [0, 0.1) is 6.92 Å². The third-order valence-corrected chi connectivity index (χ3v) is 6.47. The van der Waals surface area contributed by atoms with Crippen LogP contribution in [0.2, 0.25) is 0 Å². The van der Waals surface area contributed by atoms with Crippen LogP contribution >= 0.6 is 0 Å². The first-order valence-corrected chi connectivity index (χ1v) is 10.2. The van der Waals surface area contributed by atoms with Gasteiger partial charge >= 0.3 is 0 Å². The molecule has 0 radical (unpaired) electrons. The number of piperazine rings is 1. The molecule has 0 aromatic heterocycles. The van der Waals surface area contributed by atoms with E-state index in [1.54, 1.807) is 11.1 Å². The Labute approximate surface area is 161 Å². The third-order valence-electron chi connectivity index (χ3n) is 6.47. The third kappa shape index (κ3) is 3.44. The van der Waals surface area contributed by atoms with Gasteiger partial charge in [-0.1, -0.05) is 24.3 Å². The number of rotatable bonds is 3. The second kappa shape index (κ2) is 7.17. The van der Waals surface area contributed by atoms with Gasteiger partial charge < -0.3 is 9.47 Å². The number of hydrogen-bond acceptors (Lipinski definition) is 4. The molecule has 2 aromatic rings. The maximum Gasteiger partial charge on any atom is 0.231 e. The molecule has 27 heavy (non-hydrogen) atoms. The van der Waals surface area contributed by atoms with Crippen molar-refractivity contribution < 1.29 is 9.47 Å². The molecule has 0 saturated carbocycles. The van der Waals surface area contributed by atoms with E-state index >= 15 is 0 Å². The summed E-state index contributed by atoms with van der Waals surface area (Å²) in [4.78, 5) is 5.30. The summed E-state index contributed by atoms with van der Waals surface area (Å²) in [6, 6.07) is 14.0. The fraction of sp³-hybridized carbons (Fsp3) is 0.478. The first-order valence-electron chi connectivity index (χ1n) is 10.2. The van der Waals surface area contributed by atoms with E-state index in [4.69, 9.17) is 9.47 Å². The number of ether oxygens (including phenoxy) is 2. The lowest BCUT2D eigenvalue weighted by Gasteiger charge is -2.41. The van der Waals surface area contributed by atoms with E-state index < -0.39 is 0 Å². The van der Waals surface area contributed by atoms with Crippen LogP contribution in [-0.2, 0) is 19.4 Å². The summed E-state index contributed by atoms with van der Waals surface area (Å²) >= 11 is 0. The van der Waals surface area contributed by atoms with Crippen LogP contribution in [0.1, 0.15) is 28.7 Å². The molecule has 0 bridgehead atoms. The fourth-order valence-electron chi connectivity index (χ4n) is 4.77. The largest absolute Gasteiger partial charge is 0.454 e. The summed E-state index contributed by atoms with van der Waals surface area (Å²) in [5.41, 5.74) is 5.78. The van der Waals surface area contributed by atoms with Crippen molar-refractivity contribution in [2.75, 3.05) is 33.0 Å². The van der Waals surface area contributed by atoms with Crippen LogP contribution in [0.15, 0.2) is 36.4 Å². The molecule has 1 fully saturated rings. The van der Waals surface area contributed by atoms with Crippen LogP contribution in [-0.4, -0.2) is 48.8 Å². The van der Waals surface area contributed by atoms with E-state index in [0.717, 1.165) is 31.1 Å². The van der Waals surface area contributed by atoms with Gasteiger partial charge in [-0.05, 0) is 60.6 Å². The molecule has 2 heterocycles. The monoisotopic (exact) mass is 364 g/mol. The summed E-state index contributed by atoms with van der Waals surface area (Å²) in [6.45, 7) is 8.17. The van der Waals surface area contributed by atoms with Gasteiger partial charge in [0.25, 0.3) is 0 Å². The van der Waals surface area contributed by atoms with Crippen molar-refractivity contribution in [1.29, 1.82) is 0 Å². The molecule has 3 aliphatic rings. The van der Waals surface area contributed by atoms with Gasteiger partial charge in [-0.2, -0.15) is 0 Å². The van der Waals surface area contributed by atoms with Gasteiger partial charge in [0.15, 0.2) is 11.5 Å². The van der Waals surface area contributed by atoms with Crippen LogP contribution in [0.4, 0.5) is 0 Å². The molecule has 5 rings (SSSR count). The minimum absolute atomic E-state index is 0.349. The number of nitrogens with zero attached hydrogens (tertiary/aromatic N) is 2. The van der Waals surface area contributed by atoms with E-state index in [1.807, 2.05) is 0 Å². The van der Waals surface area contributed by atoms with Crippen molar-refractivity contribution in [3.8, 4) is 11.5 Å². The van der Waals surface area contributed by atoms with E-state index in [2.05, 4.69) is 53.1 Å². The lowest BCUT2D eigenvalue weighted by Crippen LogP contribution is -2.51. The predicted octanol–water partition coefficient (Wildman–Crippen LogP) is 3.40. The Balaban J connectivity index is 1.19. The highest BCUT2D eigenvalue weighted by Gasteiger charge is 2.27. The zero-order chi connectivity index (χ0) is 18.2. The van der Waals surface area contributed by atoms with E-state index in [-0.39, 0.29) is 0 Å². The Kier molecular flexibility index (Phi) is 4.54. The van der Waals surface area contributed by atoms with Gasteiger partial charge in [0, 0.05) is 38.8 Å². The average molecular weight is 364 g/mol. The lowest BCUT2D eigenvalue weighted by atomic mass is 9.87. The molecular formula is C23H28N2O2. The summed E-state index contributed by atoms with van der Waals surface area (Å²) in [7, 11) is 0. The van der Waals surface area contributed by atoms with Crippen molar-refractivity contribution in [3.63, 3.8) is 0 Å². The zero-order valence-electron chi connectivity index (χ0n) is 16.1. The molecule has 1 saturated heterocycles. The lowest BCUT2D eigenvalue weighted by molar-refractivity contribution is 0.0855. The van der Waals surface area contributed by atoms with Crippen molar-refractivity contribution in [1.82, 2.24) is 9.80 Å². The van der Waals surface area contributed by atoms with Crippen LogP contribution < -0.4 is 9.47 Å². The van der Waals surface area contributed by atoms with Crippen LogP contribution in [0.25, 0.3) is 0 Å². The molecule has 142 valence electrons. The standard InChI is InChI=1S/C23H28N2O2/c1-17-12-22-23(27-16-26-22)14-20(17)15-24-8-10-25(11-9-24)21-7-6-18-4-2-3-5-19(18)13-21/h2-5,12,14,21H,6-11,13,15-16H2,1H3. The Morgan fingerprint density at radius 3 is 2.52 bits per heavy atom. The maximum absolute atomic E-state index is 5.56. The van der Waals surface area contributed by atoms with Gasteiger partial charge in [0.05, 0.1) is 0 Å². The van der Waals surface area contributed by atoms with Crippen molar-refractivity contribution >= 4 is 0 Å². The average Bonchev–Trinajstić information content (AvgIpc) is 3.15. The Bertz CT molecular complexity index is 827. The Hall–Kier alpha value is -2.04. The molecule has 0 N–H and O–H groups in total. The fourth-order valence-corrected chi connectivity index (χ4v) is 4.77. The number of benzene rings is 2. The predicted molar refractivity (Wildman–Crippen MR) is 106 cm³/mol. The quantitative estimate of drug-likeness (QED) is 0.833. The highest BCUT2D eigenvalue weighted by Crippen LogP contribution is 2.35. The maximum atomic E-state index is 5.56. The van der Waals surface area contributed by atoms with E-state index in [0.29, 0.717) is 12.8 Å². The van der Waals surface area contributed by atoms with Gasteiger partial charge in [0.2, 0.25) is 6.79 Å². The van der Waals surface area contributed by atoms with Gasteiger partial charge in [-0.25, -0.2) is 0 Å². The van der Waals surface area contributed by atoms with Crippen LogP contribution in [0.3, 0.4) is 0 Å². The number of aryl methyl sites for hydroxylation is 2. The number of hydrogen-bond donors (Lipinski definition) is 0. The molecular weight excluding hydrogens is 336 g/mol. The summed E-state index contributed by atoms with van der Waals surface area (Å²) in [5.74, 6) is 1.79. The van der Waals surface area contributed by atoms with Crippen LogP contribution in [0.5, 0.6) is 11.5 Å². The Morgan fingerprint density at radius 1 is 0.963 bits per heavy atom. The first kappa shape index (κ1) is 17.1. The topological polar surface area (TPSA) is 24.9 Å². The molecule has 4 heteroatoms. The normalized spacial score (nSPS) is 22.6. The second-order valence-corrected chi connectivity index (χ2v) is 8.11. The SMILES string of the molecule is Cc1cc2c(cc1CN1CCN(C3CCc4ccccc4C3)CC1)OCO2. The molecule has 0 amide bonds. The molecule has 2 aliphatic heterocycles.